The average Bonchev–Trinajstić information content (AvgIpc) is 2.50. The van der Waals surface area contributed by atoms with Gasteiger partial charge >= 0.3 is 0 Å². The summed E-state index contributed by atoms with van der Waals surface area (Å²) < 4.78 is 0. The van der Waals surface area contributed by atoms with Gasteiger partial charge in [-0.2, -0.15) is 5.26 Å². The number of nitriles is 1. The first-order valence-electron chi connectivity index (χ1n) is 7.28. The second kappa shape index (κ2) is 6.53. The molecule has 0 spiro atoms. The fourth-order valence-corrected chi connectivity index (χ4v) is 2.81. The summed E-state index contributed by atoms with van der Waals surface area (Å²) in [7, 11) is 1.79. The van der Waals surface area contributed by atoms with Crippen molar-refractivity contribution in [2.75, 3.05) is 7.05 Å². The van der Waals surface area contributed by atoms with Crippen LogP contribution in [-0.2, 0) is 16.1 Å². The van der Waals surface area contributed by atoms with E-state index < -0.39 is 0 Å². The monoisotopic (exact) mass is 284 g/mol. The number of ketones is 1. The largest absolute Gasteiger partial charge is 0.341 e. The summed E-state index contributed by atoms with van der Waals surface area (Å²) >= 11 is 0. The Morgan fingerprint density at radius 3 is 2.62 bits per heavy atom. The van der Waals surface area contributed by atoms with Crippen LogP contribution < -0.4 is 0 Å². The number of carbonyl (C=O) groups excluding carboxylic acids is 2. The quantitative estimate of drug-likeness (QED) is 0.857. The van der Waals surface area contributed by atoms with Gasteiger partial charge in [0.1, 0.15) is 5.78 Å². The van der Waals surface area contributed by atoms with E-state index in [1.165, 1.54) is 0 Å². The lowest BCUT2D eigenvalue weighted by atomic mass is 9.81. The molecule has 0 saturated heterocycles. The molecule has 1 saturated carbocycles. The topological polar surface area (TPSA) is 61.2 Å². The number of rotatable bonds is 3. The van der Waals surface area contributed by atoms with Gasteiger partial charge in [-0.05, 0) is 30.5 Å². The van der Waals surface area contributed by atoms with Crippen molar-refractivity contribution in [3.8, 4) is 6.07 Å². The van der Waals surface area contributed by atoms with Gasteiger partial charge in [-0.1, -0.05) is 19.1 Å². The highest BCUT2D eigenvalue weighted by Gasteiger charge is 2.31. The van der Waals surface area contributed by atoms with Gasteiger partial charge in [0.25, 0.3) is 0 Å². The van der Waals surface area contributed by atoms with Crippen LogP contribution in [0.3, 0.4) is 0 Å². The normalized spacial score (nSPS) is 21.7. The molecule has 0 aromatic heterocycles. The molecule has 0 unspecified atom stereocenters. The highest BCUT2D eigenvalue weighted by Crippen LogP contribution is 2.27. The summed E-state index contributed by atoms with van der Waals surface area (Å²) in [5, 5.41) is 8.77. The smallest absolute Gasteiger partial charge is 0.225 e. The van der Waals surface area contributed by atoms with Crippen LogP contribution in [0.4, 0.5) is 0 Å². The van der Waals surface area contributed by atoms with Gasteiger partial charge < -0.3 is 4.90 Å². The highest BCUT2D eigenvalue weighted by molar-refractivity contribution is 5.85. The first-order valence-corrected chi connectivity index (χ1v) is 7.28. The molecule has 1 aliphatic rings. The van der Waals surface area contributed by atoms with E-state index in [0.717, 1.165) is 5.56 Å². The Morgan fingerprint density at radius 2 is 2.05 bits per heavy atom. The molecule has 1 aromatic carbocycles. The van der Waals surface area contributed by atoms with Crippen LogP contribution in [0, 0.1) is 23.2 Å². The third-order valence-corrected chi connectivity index (χ3v) is 4.16. The predicted molar refractivity (Wildman–Crippen MR) is 79.1 cm³/mol. The molecule has 0 radical (unpaired) electrons. The molecule has 21 heavy (non-hydrogen) atoms. The molecule has 0 bridgehead atoms. The molecule has 0 heterocycles. The van der Waals surface area contributed by atoms with E-state index in [-0.39, 0.29) is 23.5 Å². The number of hydrogen-bond donors (Lipinski definition) is 0. The Bertz CT molecular complexity index is 571. The van der Waals surface area contributed by atoms with Crippen LogP contribution in [0.1, 0.15) is 37.3 Å². The second-order valence-corrected chi connectivity index (χ2v) is 5.84. The number of amides is 1. The van der Waals surface area contributed by atoms with Crippen LogP contribution in [0.25, 0.3) is 0 Å². The molecule has 1 aliphatic carbocycles. The number of Topliss-reactive ketones (excluding diaryl/α,β-unsaturated/α-hetero) is 1. The maximum absolute atomic E-state index is 12.4. The first kappa shape index (κ1) is 15.2. The van der Waals surface area contributed by atoms with Gasteiger partial charge in [0.2, 0.25) is 5.91 Å². The van der Waals surface area contributed by atoms with E-state index >= 15 is 0 Å². The van der Waals surface area contributed by atoms with Crippen molar-refractivity contribution < 1.29 is 9.59 Å². The van der Waals surface area contributed by atoms with Gasteiger partial charge in [0.05, 0.1) is 11.6 Å². The summed E-state index contributed by atoms with van der Waals surface area (Å²) in [6.45, 7) is 2.44. The minimum atomic E-state index is -0.0407. The third-order valence-electron chi connectivity index (χ3n) is 4.16. The molecule has 4 heteroatoms. The number of nitrogens with zero attached hydrogens (tertiary/aromatic N) is 2. The van der Waals surface area contributed by atoms with Crippen molar-refractivity contribution >= 4 is 11.7 Å². The van der Waals surface area contributed by atoms with Gasteiger partial charge in [-0.25, -0.2) is 0 Å². The van der Waals surface area contributed by atoms with E-state index in [9.17, 15) is 9.59 Å². The average molecular weight is 284 g/mol. The van der Waals surface area contributed by atoms with Crippen LogP contribution in [0.2, 0.25) is 0 Å². The minimum Gasteiger partial charge on any atom is -0.341 e. The van der Waals surface area contributed by atoms with Crippen molar-refractivity contribution in [2.24, 2.45) is 11.8 Å². The first-order chi connectivity index (χ1) is 10.0. The SMILES string of the molecule is C[C@@H]1C[C@@H](C(=O)N(C)Cc2ccc(C#N)cc2)CCC1=O. The van der Waals surface area contributed by atoms with Crippen molar-refractivity contribution in [1.29, 1.82) is 5.26 Å². The van der Waals surface area contributed by atoms with Gasteiger partial charge in [-0.3, -0.25) is 9.59 Å². The zero-order valence-corrected chi connectivity index (χ0v) is 12.5. The molecule has 4 nitrogen and oxygen atoms in total. The third kappa shape index (κ3) is 3.69. The Kier molecular flexibility index (Phi) is 4.74. The van der Waals surface area contributed by atoms with E-state index in [2.05, 4.69) is 6.07 Å². The van der Waals surface area contributed by atoms with Gasteiger partial charge in [0.15, 0.2) is 0 Å². The highest BCUT2D eigenvalue weighted by atomic mass is 16.2. The maximum atomic E-state index is 12.4. The molecular formula is C17H20N2O2. The molecule has 2 rings (SSSR count). The van der Waals surface area contributed by atoms with Crippen molar-refractivity contribution in [2.45, 2.75) is 32.7 Å². The van der Waals surface area contributed by atoms with Crippen molar-refractivity contribution in [3.05, 3.63) is 35.4 Å². The predicted octanol–water partition coefficient (Wildman–Crippen LogP) is 2.52. The zero-order chi connectivity index (χ0) is 15.4. The second-order valence-electron chi connectivity index (χ2n) is 5.84. The van der Waals surface area contributed by atoms with E-state index in [1.807, 2.05) is 19.1 Å². The summed E-state index contributed by atoms with van der Waals surface area (Å²) in [6.07, 6.45) is 1.84. The number of hydrogen-bond acceptors (Lipinski definition) is 3. The molecule has 0 aliphatic heterocycles. The summed E-state index contributed by atoms with van der Waals surface area (Å²) in [5.74, 6) is 0.338. The van der Waals surface area contributed by atoms with Crippen LogP contribution in [-0.4, -0.2) is 23.6 Å². The van der Waals surface area contributed by atoms with E-state index in [0.29, 0.717) is 31.4 Å². The number of benzene rings is 1. The standard InChI is InChI=1S/C17H20N2O2/c1-12-9-15(7-8-16(12)20)17(21)19(2)11-14-5-3-13(10-18)4-6-14/h3-6,12,15H,7-9,11H2,1-2H3/t12-,15+/m1/s1. The molecule has 0 N–H and O–H groups in total. The molecule has 110 valence electrons. The van der Waals surface area contributed by atoms with E-state index in [4.69, 9.17) is 5.26 Å². The van der Waals surface area contributed by atoms with Crippen LogP contribution >= 0.6 is 0 Å². The molecule has 2 atom stereocenters. The maximum Gasteiger partial charge on any atom is 0.225 e. The Labute approximate surface area is 125 Å². The Hall–Kier alpha value is -2.15. The molecule has 1 fully saturated rings. The van der Waals surface area contributed by atoms with E-state index in [1.54, 1.807) is 24.1 Å². The van der Waals surface area contributed by atoms with Crippen molar-refractivity contribution in [1.82, 2.24) is 4.90 Å². The lowest BCUT2D eigenvalue weighted by molar-refractivity contribution is -0.138. The zero-order valence-electron chi connectivity index (χ0n) is 12.5. The van der Waals surface area contributed by atoms with Crippen molar-refractivity contribution in [3.63, 3.8) is 0 Å². The lowest BCUT2D eigenvalue weighted by Gasteiger charge is -2.29. The summed E-state index contributed by atoms with van der Waals surface area (Å²) in [4.78, 5) is 25.7. The van der Waals surface area contributed by atoms with Crippen LogP contribution in [0.5, 0.6) is 0 Å². The van der Waals surface area contributed by atoms with Crippen LogP contribution in [0.15, 0.2) is 24.3 Å². The fourth-order valence-electron chi connectivity index (χ4n) is 2.81. The summed E-state index contributed by atoms with van der Waals surface area (Å²) in [5.41, 5.74) is 1.62. The molecule has 1 amide bonds. The van der Waals surface area contributed by atoms with Gasteiger partial charge in [-0.15, -0.1) is 0 Å². The fraction of sp³-hybridized carbons (Fsp3) is 0.471. The molecule has 1 aromatic rings. The lowest BCUT2D eigenvalue weighted by Crippen LogP contribution is -2.36. The van der Waals surface area contributed by atoms with Gasteiger partial charge in [0, 0.05) is 31.8 Å². The number of carbonyl (C=O) groups is 2. The minimum absolute atomic E-state index is 0.00369. The Balaban J connectivity index is 1.96. The molecular weight excluding hydrogens is 264 g/mol. The summed E-state index contributed by atoms with van der Waals surface area (Å²) in [6, 6.07) is 9.34. The Morgan fingerprint density at radius 1 is 1.38 bits per heavy atom.